The van der Waals surface area contributed by atoms with Gasteiger partial charge in [0.25, 0.3) is 5.91 Å². The first-order valence-corrected chi connectivity index (χ1v) is 10.2. The molecule has 0 unspecified atom stereocenters. The Hall–Kier alpha value is -1.10. The predicted octanol–water partition coefficient (Wildman–Crippen LogP) is 0.318. The molecule has 1 saturated carbocycles. The Morgan fingerprint density at radius 1 is 1.04 bits per heavy atom. The Bertz CT molecular complexity index is 547. The highest BCUT2D eigenvalue weighted by molar-refractivity contribution is 6.30. The van der Waals surface area contributed by atoms with Crippen LogP contribution in [0.4, 0.5) is 0 Å². The highest BCUT2D eigenvalue weighted by atomic mass is 35.5. The smallest absolute Gasteiger partial charge is 0.275 e. The molecule has 0 atom stereocenters. The average molecular weight is 366 g/mol. The molecule has 1 aliphatic carbocycles. The van der Waals surface area contributed by atoms with Gasteiger partial charge in [-0.3, -0.25) is 4.79 Å². The third-order valence-corrected chi connectivity index (χ3v) is 6.08. The van der Waals surface area contributed by atoms with E-state index in [1.165, 1.54) is 23.3 Å². The van der Waals surface area contributed by atoms with Crippen molar-refractivity contribution in [3.63, 3.8) is 0 Å². The van der Waals surface area contributed by atoms with Crippen molar-refractivity contribution < 1.29 is 14.6 Å². The number of nitrogens with one attached hydrogen (secondary N) is 3. The third-order valence-electron chi connectivity index (χ3n) is 5.82. The van der Waals surface area contributed by atoms with Crippen molar-refractivity contribution >= 4 is 17.5 Å². The van der Waals surface area contributed by atoms with Crippen molar-refractivity contribution in [1.29, 1.82) is 0 Å². The number of amides is 1. The monoisotopic (exact) mass is 365 g/mol. The number of rotatable bonds is 5. The summed E-state index contributed by atoms with van der Waals surface area (Å²) in [4.78, 5) is 15.4. The van der Waals surface area contributed by atoms with Gasteiger partial charge >= 0.3 is 0 Å². The van der Waals surface area contributed by atoms with Crippen LogP contribution in [0, 0.1) is 5.92 Å². The van der Waals surface area contributed by atoms with E-state index in [0.29, 0.717) is 12.6 Å². The van der Waals surface area contributed by atoms with Crippen LogP contribution in [0.1, 0.15) is 38.2 Å². The Kier molecular flexibility index (Phi) is 6.74. The summed E-state index contributed by atoms with van der Waals surface area (Å²) < 4.78 is 0. The zero-order valence-corrected chi connectivity index (χ0v) is 16.1. The number of halogens is 1. The number of piperazine rings is 1. The van der Waals surface area contributed by atoms with Gasteiger partial charge in [0.05, 0.1) is 0 Å². The Labute approximate surface area is 156 Å². The molecule has 0 radical (unpaired) electrons. The fourth-order valence-electron chi connectivity index (χ4n) is 4.11. The molecule has 138 valence electrons. The summed E-state index contributed by atoms with van der Waals surface area (Å²) >= 11 is 5.95. The zero-order valence-electron chi connectivity index (χ0n) is 15.3. The van der Waals surface area contributed by atoms with E-state index in [9.17, 15) is 4.79 Å². The van der Waals surface area contributed by atoms with E-state index in [2.05, 4.69) is 24.4 Å². The van der Waals surface area contributed by atoms with Gasteiger partial charge in [0.1, 0.15) is 32.7 Å². The van der Waals surface area contributed by atoms with Crippen LogP contribution in [0.2, 0.25) is 5.02 Å². The van der Waals surface area contributed by atoms with Gasteiger partial charge in [-0.05, 0) is 43.7 Å². The molecule has 1 aromatic rings. The standard InChI is InChI=1S/C20H30ClN3O/c1-16-2-8-19(9-3-16)22-20(25)15-24-12-10-23(11-13-24)14-17-4-6-18(21)7-5-17/h4-7,16,19H,2-3,8-15H2,1H3,(H,22,25)/p+2. The normalized spacial score (nSPS) is 30.0. The zero-order chi connectivity index (χ0) is 17.6. The van der Waals surface area contributed by atoms with Crippen LogP contribution in [-0.2, 0) is 11.3 Å². The molecule has 1 amide bonds. The van der Waals surface area contributed by atoms with Crippen LogP contribution in [0.3, 0.4) is 0 Å². The van der Waals surface area contributed by atoms with Crippen LogP contribution in [0.25, 0.3) is 0 Å². The van der Waals surface area contributed by atoms with Crippen LogP contribution in [0.5, 0.6) is 0 Å². The Morgan fingerprint density at radius 3 is 2.28 bits per heavy atom. The van der Waals surface area contributed by atoms with E-state index in [1.54, 1.807) is 4.90 Å². The number of hydrogen-bond donors (Lipinski definition) is 3. The summed E-state index contributed by atoms with van der Waals surface area (Å²) in [6.45, 7) is 8.43. The van der Waals surface area contributed by atoms with Crippen molar-refractivity contribution in [3.05, 3.63) is 34.9 Å². The lowest BCUT2D eigenvalue weighted by atomic mass is 9.87. The van der Waals surface area contributed by atoms with Gasteiger partial charge in [-0.15, -0.1) is 0 Å². The fraction of sp³-hybridized carbons (Fsp3) is 0.650. The first-order valence-electron chi connectivity index (χ1n) is 9.79. The number of carbonyl (C=O) groups excluding carboxylic acids is 1. The molecule has 3 rings (SSSR count). The number of carbonyl (C=O) groups is 1. The lowest BCUT2D eigenvalue weighted by Crippen LogP contribution is -3.28. The Balaban J connectivity index is 1.36. The molecule has 25 heavy (non-hydrogen) atoms. The van der Waals surface area contributed by atoms with Gasteiger partial charge in [0.15, 0.2) is 6.54 Å². The molecule has 4 nitrogen and oxygen atoms in total. The molecule has 2 fully saturated rings. The molecule has 0 spiro atoms. The SMILES string of the molecule is CC1CCC(NC(=O)C[NH+]2CC[NH+](Cc3ccc(Cl)cc3)CC2)CC1. The van der Waals surface area contributed by atoms with E-state index in [0.717, 1.165) is 56.5 Å². The van der Waals surface area contributed by atoms with Crippen molar-refractivity contribution in [2.24, 2.45) is 5.92 Å². The van der Waals surface area contributed by atoms with Gasteiger partial charge in [-0.2, -0.15) is 0 Å². The Morgan fingerprint density at radius 2 is 1.64 bits per heavy atom. The molecule has 1 heterocycles. The molecular weight excluding hydrogens is 334 g/mol. The van der Waals surface area contributed by atoms with Gasteiger partial charge in [0, 0.05) is 16.6 Å². The summed E-state index contributed by atoms with van der Waals surface area (Å²) in [5.41, 5.74) is 1.34. The molecule has 2 aliphatic rings. The first-order chi connectivity index (χ1) is 12.1. The predicted molar refractivity (Wildman–Crippen MR) is 101 cm³/mol. The molecule has 0 aromatic heterocycles. The maximum atomic E-state index is 12.3. The van der Waals surface area contributed by atoms with Crippen molar-refractivity contribution in [2.45, 2.75) is 45.2 Å². The van der Waals surface area contributed by atoms with Gasteiger partial charge in [-0.25, -0.2) is 0 Å². The summed E-state index contributed by atoms with van der Waals surface area (Å²) in [7, 11) is 0. The second-order valence-corrected chi connectivity index (χ2v) is 8.44. The minimum absolute atomic E-state index is 0.246. The van der Waals surface area contributed by atoms with E-state index in [-0.39, 0.29) is 5.91 Å². The summed E-state index contributed by atoms with van der Waals surface area (Å²) in [5, 5.41) is 4.06. The number of quaternary nitrogens is 2. The van der Waals surface area contributed by atoms with E-state index < -0.39 is 0 Å². The second kappa shape index (κ2) is 9.02. The van der Waals surface area contributed by atoms with Crippen molar-refractivity contribution in [2.75, 3.05) is 32.7 Å². The van der Waals surface area contributed by atoms with E-state index in [1.807, 2.05) is 12.1 Å². The summed E-state index contributed by atoms with van der Waals surface area (Å²) in [5.74, 6) is 1.08. The summed E-state index contributed by atoms with van der Waals surface area (Å²) in [6, 6.07) is 8.59. The highest BCUT2D eigenvalue weighted by Crippen LogP contribution is 2.23. The number of benzene rings is 1. The third kappa shape index (κ3) is 5.98. The maximum Gasteiger partial charge on any atom is 0.275 e. The van der Waals surface area contributed by atoms with Gasteiger partial charge in [-0.1, -0.05) is 30.7 Å². The van der Waals surface area contributed by atoms with Gasteiger partial charge in [0.2, 0.25) is 0 Å². The fourth-order valence-corrected chi connectivity index (χ4v) is 4.24. The van der Waals surface area contributed by atoms with E-state index in [4.69, 9.17) is 11.6 Å². The summed E-state index contributed by atoms with van der Waals surface area (Å²) in [6.07, 6.45) is 4.82. The minimum atomic E-state index is 0.246. The van der Waals surface area contributed by atoms with Crippen LogP contribution in [-0.4, -0.2) is 44.7 Å². The molecular formula is C20H32ClN3O+2. The molecule has 1 aliphatic heterocycles. The molecule has 5 heteroatoms. The topological polar surface area (TPSA) is 38.0 Å². The number of hydrogen-bond acceptors (Lipinski definition) is 1. The molecule has 3 N–H and O–H groups in total. The lowest BCUT2D eigenvalue weighted by molar-refractivity contribution is -1.02. The van der Waals surface area contributed by atoms with Crippen LogP contribution in [0.15, 0.2) is 24.3 Å². The lowest BCUT2D eigenvalue weighted by Gasteiger charge is -2.31. The largest absolute Gasteiger partial charge is 0.348 e. The first kappa shape index (κ1) is 18.7. The van der Waals surface area contributed by atoms with Crippen molar-refractivity contribution in [1.82, 2.24) is 5.32 Å². The van der Waals surface area contributed by atoms with Crippen molar-refractivity contribution in [3.8, 4) is 0 Å². The highest BCUT2D eigenvalue weighted by Gasteiger charge is 2.26. The maximum absolute atomic E-state index is 12.3. The molecule has 1 aromatic carbocycles. The van der Waals surface area contributed by atoms with Crippen LogP contribution < -0.4 is 15.1 Å². The molecule has 0 bridgehead atoms. The van der Waals surface area contributed by atoms with Crippen LogP contribution >= 0.6 is 11.6 Å². The molecule has 1 saturated heterocycles. The second-order valence-electron chi connectivity index (χ2n) is 8.00. The average Bonchev–Trinajstić information content (AvgIpc) is 2.61. The van der Waals surface area contributed by atoms with Gasteiger partial charge < -0.3 is 15.1 Å². The quantitative estimate of drug-likeness (QED) is 0.690. The minimum Gasteiger partial charge on any atom is -0.348 e. The van der Waals surface area contributed by atoms with E-state index >= 15 is 0 Å².